The van der Waals surface area contributed by atoms with Crippen molar-refractivity contribution in [2.24, 2.45) is 11.1 Å². The Balaban J connectivity index is 2.20. The van der Waals surface area contributed by atoms with Gasteiger partial charge >= 0.3 is 0 Å². The first-order valence-electron chi connectivity index (χ1n) is 7.71. The van der Waals surface area contributed by atoms with E-state index in [4.69, 9.17) is 14.7 Å². The third-order valence-corrected chi connectivity index (χ3v) is 4.33. The van der Waals surface area contributed by atoms with Crippen LogP contribution in [0.15, 0.2) is 23.4 Å². The summed E-state index contributed by atoms with van der Waals surface area (Å²) >= 11 is 0. The highest BCUT2D eigenvalue weighted by Crippen LogP contribution is 2.32. The maximum absolute atomic E-state index is 9.03. The molecule has 1 aliphatic carbocycles. The van der Waals surface area contributed by atoms with E-state index in [-0.39, 0.29) is 6.10 Å². The zero-order valence-corrected chi connectivity index (χ0v) is 13.1. The number of rotatable bonds is 5. The van der Waals surface area contributed by atoms with Gasteiger partial charge in [-0.3, -0.25) is 0 Å². The molecule has 1 saturated carbocycles. The van der Waals surface area contributed by atoms with Crippen LogP contribution in [0.1, 0.15) is 51.5 Å². The summed E-state index contributed by atoms with van der Waals surface area (Å²) in [7, 11) is 1.64. The number of oxime groups is 1. The van der Waals surface area contributed by atoms with Crippen LogP contribution in [0.5, 0.6) is 11.5 Å². The van der Waals surface area contributed by atoms with Crippen molar-refractivity contribution in [1.29, 1.82) is 0 Å². The highest BCUT2D eigenvalue weighted by molar-refractivity contribution is 6.00. The molecule has 2 rings (SSSR count). The Kier molecular flexibility index (Phi) is 5.48. The Labute approximate surface area is 126 Å². The zero-order chi connectivity index (χ0) is 15.2. The van der Waals surface area contributed by atoms with Crippen LogP contribution in [0, 0.1) is 5.92 Å². The Morgan fingerprint density at radius 1 is 1.38 bits per heavy atom. The highest BCUT2D eigenvalue weighted by atomic mass is 16.5. The van der Waals surface area contributed by atoms with E-state index in [2.05, 4.69) is 12.1 Å². The van der Waals surface area contributed by atoms with Crippen LogP contribution < -0.4 is 9.47 Å². The van der Waals surface area contributed by atoms with E-state index in [0.29, 0.717) is 5.71 Å². The molecule has 0 heterocycles. The van der Waals surface area contributed by atoms with E-state index in [1.807, 2.05) is 18.2 Å². The first-order valence-corrected chi connectivity index (χ1v) is 7.71. The van der Waals surface area contributed by atoms with Gasteiger partial charge in [0.1, 0.15) is 11.5 Å². The normalized spacial score (nSPS) is 22.9. The van der Waals surface area contributed by atoms with Crippen LogP contribution in [0.3, 0.4) is 0 Å². The molecule has 0 aromatic heterocycles. The molecule has 0 saturated heterocycles. The predicted octanol–water partition coefficient (Wildman–Crippen LogP) is 4.24. The summed E-state index contributed by atoms with van der Waals surface area (Å²) in [6.07, 6.45) is 6.15. The van der Waals surface area contributed by atoms with Crippen LogP contribution in [0.25, 0.3) is 0 Å². The van der Waals surface area contributed by atoms with Crippen molar-refractivity contribution in [3.05, 3.63) is 23.8 Å². The molecule has 2 atom stereocenters. The summed E-state index contributed by atoms with van der Waals surface area (Å²) in [5, 5.41) is 12.3. The Morgan fingerprint density at radius 2 is 2.19 bits per heavy atom. The lowest BCUT2D eigenvalue weighted by molar-refractivity contribution is 0.121. The first kappa shape index (κ1) is 15.7. The zero-order valence-electron chi connectivity index (χ0n) is 13.1. The Bertz CT molecular complexity index is 499. The monoisotopic (exact) mass is 291 g/mol. The van der Waals surface area contributed by atoms with E-state index < -0.39 is 0 Å². The van der Waals surface area contributed by atoms with Gasteiger partial charge in [-0.15, -0.1) is 0 Å². The second kappa shape index (κ2) is 7.34. The smallest absolute Gasteiger partial charge is 0.132 e. The van der Waals surface area contributed by atoms with Crippen LogP contribution in [0.4, 0.5) is 0 Å². The second-order valence-corrected chi connectivity index (χ2v) is 5.73. The average Bonchev–Trinajstić information content (AvgIpc) is 2.54. The van der Waals surface area contributed by atoms with Crippen molar-refractivity contribution in [2.45, 2.75) is 52.1 Å². The Hall–Kier alpha value is -1.71. The number of methoxy groups -OCH3 is 1. The molecule has 4 heteroatoms. The van der Waals surface area contributed by atoms with Gasteiger partial charge in [-0.1, -0.05) is 24.9 Å². The van der Waals surface area contributed by atoms with E-state index in [9.17, 15) is 0 Å². The van der Waals surface area contributed by atoms with Gasteiger partial charge in [0.2, 0.25) is 0 Å². The maximum atomic E-state index is 9.03. The van der Waals surface area contributed by atoms with Gasteiger partial charge in [0, 0.05) is 11.6 Å². The van der Waals surface area contributed by atoms with Gasteiger partial charge < -0.3 is 14.7 Å². The minimum atomic E-state index is 0.237. The molecule has 0 bridgehead atoms. The average molecular weight is 291 g/mol. The van der Waals surface area contributed by atoms with Gasteiger partial charge in [-0.25, -0.2) is 0 Å². The van der Waals surface area contributed by atoms with Crippen molar-refractivity contribution in [3.63, 3.8) is 0 Å². The molecule has 1 N–H and O–H groups in total. The van der Waals surface area contributed by atoms with Gasteiger partial charge in [0.25, 0.3) is 0 Å². The third kappa shape index (κ3) is 3.90. The molecule has 4 nitrogen and oxygen atoms in total. The molecule has 0 radical (unpaired) electrons. The molecule has 2 unspecified atom stereocenters. The highest BCUT2D eigenvalue weighted by Gasteiger charge is 2.23. The maximum Gasteiger partial charge on any atom is 0.132 e. The number of nitrogens with zero attached hydrogens (tertiary/aromatic N) is 1. The second-order valence-electron chi connectivity index (χ2n) is 5.73. The molecule has 1 aliphatic rings. The van der Waals surface area contributed by atoms with E-state index in [1.54, 1.807) is 14.0 Å². The van der Waals surface area contributed by atoms with Crippen LogP contribution in [0.2, 0.25) is 0 Å². The minimum absolute atomic E-state index is 0.237. The molecule has 116 valence electrons. The van der Waals surface area contributed by atoms with Crippen LogP contribution >= 0.6 is 0 Å². The molecule has 1 aromatic carbocycles. The molecule has 1 fully saturated rings. The summed E-state index contributed by atoms with van der Waals surface area (Å²) < 4.78 is 11.5. The van der Waals surface area contributed by atoms with E-state index in [0.717, 1.165) is 35.8 Å². The number of benzene rings is 1. The lowest BCUT2D eigenvalue weighted by atomic mass is 9.85. The lowest BCUT2D eigenvalue weighted by Gasteiger charge is -2.29. The first-order chi connectivity index (χ1) is 10.2. The lowest BCUT2D eigenvalue weighted by Crippen LogP contribution is -2.25. The van der Waals surface area contributed by atoms with Crippen molar-refractivity contribution in [3.8, 4) is 11.5 Å². The van der Waals surface area contributed by atoms with Crippen molar-refractivity contribution < 1.29 is 14.7 Å². The van der Waals surface area contributed by atoms with Crippen LogP contribution in [-0.2, 0) is 0 Å². The summed E-state index contributed by atoms with van der Waals surface area (Å²) in [5.74, 6) is 2.25. The molecular formula is C17H25NO3. The summed E-state index contributed by atoms with van der Waals surface area (Å²) in [6, 6.07) is 5.61. The minimum Gasteiger partial charge on any atom is -0.497 e. The Morgan fingerprint density at radius 3 is 2.86 bits per heavy atom. The quantitative estimate of drug-likeness (QED) is 0.501. The van der Waals surface area contributed by atoms with Gasteiger partial charge in [-0.2, -0.15) is 0 Å². The van der Waals surface area contributed by atoms with E-state index in [1.165, 1.54) is 19.3 Å². The number of hydrogen-bond donors (Lipinski definition) is 1. The van der Waals surface area contributed by atoms with Gasteiger partial charge in [-0.05, 0) is 44.2 Å². The standard InChI is InChI=1S/C17H25NO3/c1-4-13-6-5-7-15(10-13)21-17-11-14(20-3)8-9-16(17)12(2)18-19/h8-9,11,13,15,19H,4-7,10H2,1-3H3/b18-12+. The van der Waals surface area contributed by atoms with Gasteiger partial charge in [0.05, 0.1) is 18.9 Å². The molecule has 0 aliphatic heterocycles. The fraction of sp³-hybridized carbons (Fsp3) is 0.588. The van der Waals surface area contributed by atoms with E-state index >= 15 is 0 Å². The summed E-state index contributed by atoms with van der Waals surface area (Å²) in [4.78, 5) is 0. The fourth-order valence-corrected chi connectivity index (χ4v) is 2.98. The molecule has 0 spiro atoms. The summed E-state index contributed by atoms with van der Waals surface area (Å²) in [6.45, 7) is 4.01. The molecule has 1 aromatic rings. The van der Waals surface area contributed by atoms with Crippen molar-refractivity contribution in [2.75, 3.05) is 7.11 Å². The van der Waals surface area contributed by atoms with Crippen LogP contribution in [-0.4, -0.2) is 24.1 Å². The van der Waals surface area contributed by atoms with Crippen molar-refractivity contribution in [1.82, 2.24) is 0 Å². The SMILES string of the molecule is CCC1CCCC(Oc2cc(OC)ccc2/C(C)=N/O)C1. The molecular weight excluding hydrogens is 266 g/mol. The van der Waals surface area contributed by atoms with Gasteiger partial charge in [0.15, 0.2) is 0 Å². The molecule has 0 amide bonds. The fourth-order valence-electron chi connectivity index (χ4n) is 2.98. The molecule has 21 heavy (non-hydrogen) atoms. The van der Waals surface area contributed by atoms with Crippen molar-refractivity contribution >= 4 is 5.71 Å². The number of hydrogen-bond acceptors (Lipinski definition) is 4. The third-order valence-electron chi connectivity index (χ3n) is 4.33. The predicted molar refractivity (Wildman–Crippen MR) is 83.7 cm³/mol. The summed E-state index contributed by atoms with van der Waals surface area (Å²) in [5.41, 5.74) is 1.37. The number of ether oxygens (including phenoxy) is 2. The topological polar surface area (TPSA) is 51.0 Å². The largest absolute Gasteiger partial charge is 0.497 e.